The monoisotopic (exact) mass is 525 g/mol. The molecule has 0 aliphatic carbocycles. The lowest BCUT2D eigenvalue weighted by Gasteiger charge is -2.13. The minimum atomic E-state index is -0.349. The first-order chi connectivity index (χ1) is 18.4. The van der Waals surface area contributed by atoms with Crippen LogP contribution in [0.4, 0.5) is 0 Å². The number of carbonyl (C=O) groups is 1. The van der Waals surface area contributed by atoms with E-state index in [-0.39, 0.29) is 12.6 Å². The molecule has 6 nitrogen and oxygen atoms in total. The van der Waals surface area contributed by atoms with Crippen LogP contribution in [0.15, 0.2) is 79.0 Å². The van der Waals surface area contributed by atoms with E-state index >= 15 is 0 Å². The van der Waals surface area contributed by atoms with Gasteiger partial charge >= 0.3 is 5.97 Å². The van der Waals surface area contributed by atoms with Crippen LogP contribution in [-0.2, 0) is 17.9 Å². The number of carbonyl (C=O) groups excluding carboxylic acids is 1. The maximum atomic E-state index is 12.4. The van der Waals surface area contributed by atoms with Crippen molar-refractivity contribution in [3.8, 4) is 17.0 Å². The molecule has 5 rings (SSSR count). The van der Waals surface area contributed by atoms with Gasteiger partial charge in [-0.15, -0.1) is 0 Å². The Hall–Kier alpha value is -4.16. The van der Waals surface area contributed by atoms with Crippen LogP contribution in [0.1, 0.15) is 39.8 Å². The second kappa shape index (κ2) is 11.1. The van der Waals surface area contributed by atoms with E-state index < -0.39 is 0 Å². The Kier molecular flexibility index (Phi) is 7.43. The third-order valence-corrected chi connectivity index (χ3v) is 6.81. The number of hydrogen-bond donors (Lipinski definition) is 0. The lowest BCUT2D eigenvalue weighted by Crippen LogP contribution is -2.09. The van der Waals surface area contributed by atoms with E-state index in [0.29, 0.717) is 29.5 Å². The van der Waals surface area contributed by atoms with E-state index in [9.17, 15) is 4.79 Å². The SMILES string of the molecule is CCOC(=O)c1ccccc1COc1cc(C)c2nc(C)n(Cc3ccc(-c4ccccn4)cc3Cl)c2c1. The van der Waals surface area contributed by atoms with Gasteiger partial charge in [0.2, 0.25) is 0 Å². The second-order valence-corrected chi connectivity index (χ2v) is 9.45. The molecular formula is C31H28ClN3O3. The summed E-state index contributed by atoms with van der Waals surface area (Å²) in [6, 6.07) is 23.2. The molecule has 2 aromatic heterocycles. The van der Waals surface area contributed by atoms with Gasteiger partial charge in [-0.25, -0.2) is 9.78 Å². The Labute approximate surface area is 226 Å². The van der Waals surface area contributed by atoms with Crippen LogP contribution in [0.2, 0.25) is 5.02 Å². The number of imidazole rings is 1. The molecule has 192 valence electrons. The molecule has 5 aromatic rings. The Morgan fingerprint density at radius 3 is 2.55 bits per heavy atom. The number of ether oxygens (including phenoxy) is 2. The fourth-order valence-electron chi connectivity index (χ4n) is 4.51. The molecule has 0 amide bonds. The highest BCUT2D eigenvalue weighted by atomic mass is 35.5. The molecule has 0 aliphatic rings. The minimum absolute atomic E-state index is 0.244. The van der Waals surface area contributed by atoms with Crippen molar-refractivity contribution in [1.82, 2.24) is 14.5 Å². The van der Waals surface area contributed by atoms with Crippen LogP contribution >= 0.6 is 11.6 Å². The van der Waals surface area contributed by atoms with Gasteiger partial charge in [-0.1, -0.05) is 48.0 Å². The summed E-state index contributed by atoms with van der Waals surface area (Å²) in [4.78, 5) is 21.6. The maximum absolute atomic E-state index is 12.4. The number of aryl methyl sites for hydroxylation is 2. The van der Waals surface area contributed by atoms with Crippen molar-refractivity contribution in [3.05, 3.63) is 112 Å². The van der Waals surface area contributed by atoms with Gasteiger partial charge in [-0.2, -0.15) is 0 Å². The standard InChI is InChI=1S/C31H28ClN3O3/c1-4-37-31(36)26-10-6-5-9-24(26)19-38-25-15-20(2)30-29(17-25)35(21(3)34-30)18-23-13-12-22(16-27(23)32)28-11-7-8-14-33-28/h5-17H,4,18-19H2,1-3H3. The smallest absolute Gasteiger partial charge is 0.338 e. The van der Waals surface area contributed by atoms with Gasteiger partial charge in [0.25, 0.3) is 0 Å². The highest BCUT2D eigenvalue weighted by Gasteiger charge is 2.16. The maximum Gasteiger partial charge on any atom is 0.338 e. The Morgan fingerprint density at radius 1 is 0.974 bits per heavy atom. The van der Waals surface area contributed by atoms with Crippen molar-refractivity contribution in [3.63, 3.8) is 0 Å². The number of nitrogens with zero attached hydrogens (tertiary/aromatic N) is 3. The van der Waals surface area contributed by atoms with Crippen LogP contribution < -0.4 is 4.74 Å². The molecular weight excluding hydrogens is 498 g/mol. The number of pyridine rings is 1. The molecule has 0 saturated heterocycles. The summed E-state index contributed by atoms with van der Waals surface area (Å²) < 4.78 is 13.5. The van der Waals surface area contributed by atoms with Crippen molar-refractivity contribution in [2.45, 2.75) is 33.9 Å². The molecule has 0 bridgehead atoms. The quantitative estimate of drug-likeness (QED) is 0.201. The molecule has 0 unspecified atom stereocenters. The van der Waals surface area contributed by atoms with Gasteiger partial charge in [-0.05, 0) is 62.2 Å². The number of esters is 1. The predicted molar refractivity (Wildman–Crippen MR) is 150 cm³/mol. The molecule has 0 atom stereocenters. The Bertz CT molecular complexity index is 1610. The zero-order valence-electron chi connectivity index (χ0n) is 21.6. The average molecular weight is 526 g/mol. The highest BCUT2D eigenvalue weighted by Crippen LogP contribution is 2.30. The zero-order valence-corrected chi connectivity index (χ0v) is 22.3. The summed E-state index contributed by atoms with van der Waals surface area (Å²) in [7, 11) is 0. The van der Waals surface area contributed by atoms with Crippen LogP contribution in [-0.4, -0.2) is 27.1 Å². The van der Waals surface area contributed by atoms with Crippen LogP contribution in [0.3, 0.4) is 0 Å². The average Bonchev–Trinajstić information content (AvgIpc) is 3.24. The summed E-state index contributed by atoms with van der Waals surface area (Å²) in [6.45, 7) is 6.94. The Morgan fingerprint density at radius 2 is 1.79 bits per heavy atom. The first-order valence-electron chi connectivity index (χ1n) is 12.5. The van der Waals surface area contributed by atoms with Crippen molar-refractivity contribution in [2.75, 3.05) is 6.61 Å². The van der Waals surface area contributed by atoms with Gasteiger partial charge in [-0.3, -0.25) is 4.98 Å². The van der Waals surface area contributed by atoms with E-state index in [4.69, 9.17) is 26.1 Å². The molecule has 0 radical (unpaired) electrons. The number of rotatable bonds is 8. The molecule has 0 aliphatic heterocycles. The van der Waals surface area contributed by atoms with E-state index in [1.165, 1.54) is 0 Å². The topological polar surface area (TPSA) is 66.2 Å². The van der Waals surface area contributed by atoms with Gasteiger partial charge in [0, 0.05) is 28.4 Å². The number of benzene rings is 3. The molecule has 3 aromatic carbocycles. The predicted octanol–water partition coefficient (Wildman–Crippen LogP) is 7.17. The number of aromatic nitrogens is 3. The van der Waals surface area contributed by atoms with Crippen LogP contribution in [0, 0.1) is 13.8 Å². The molecule has 0 spiro atoms. The van der Waals surface area contributed by atoms with Gasteiger partial charge in [0.05, 0.1) is 35.4 Å². The second-order valence-electron chi connectivity index (χ2n) is 9.04. The molecule has 7 heteroatoms. The van der Waals surface area contributed by atoms with E-state index in [2.05, 4.69) is 9.55 Å². The molecule has 0 N–H and O–H groups in total. The third-order valence-electron chi connectivity index (χ3n) is 6.46. The van der Waals surface area contributed by atoms with Crippen molar-refractivity contribution in [2.24, 2.45) is 0 Å². The summed E-state index contributed by atoms with van der Waals surface area (Å²) in [6.07, 6.45) is 1.77. The van der Waals surface area contributed by atoms with E-state index in [0.717, 1.165) is 44.8 Å². The van der Waals surface area contributed by atoms with Gasteiger partial charge in [0.15, 0.2) is 0 Å². The Balaban J connectivity index is 1.42. The normalized spacial score (nSPS) is 11.1. The van der Waals surface area contributed by atoms with Crippen molar-refractivity contribution < 1.29 is 14.3 Å². The number of halogens is 1. The summed E-state index contributed by atoms with van der Waals surface area (Å²) in [5.41, 5.74) is 7.01. The van der Waals surface area contributed by atoms with Crippen molar-refractivity contribution >= 4 is 28.6 Å². The molecule has 2 heterocycles. The lowest BCUT2D eigenvalue weighted by atomic mass is 10.1. The summed E-state index contributed by atoms with van der Waals surface area (Å²) >= 11 is 6.72. The zero-order chi connectivity index (χ0) is 26.6. The highest BCUT2D eigenvalue weighted by molar-refractivity contribution is 6.31. The van der Waals surface area contributed by atoms with Crippen LogP contribution in [0.5, 0.6) is 5.75 Å². The number of fused-ring (bicyclic) bond motifs is 1. The first kappa shape index (κ1) is 25.5. The largest absolute Gasteiger partial charge is 0.489 e. The fraction of sp³-hybridized carbons (Fsp3) is 0.194. The molecule has 38 heavy (non-hydrogen) atoms. The minimum Gasteiger partial charge on any atom is -0.489 e. The van der Waals surface area contributed by atoms with Gasteiger partial charge < -0.3 is 14.0 Å². The molecule has 0 fully saturated rings. The van der Waals surface area contributed by atoms with E-state index in [1.54, 1.807) is 19.2 Å². The van der Waals surface area contributed by atoms with Crippen molar-refractivity contribution in [1.29, 1.82) is 0 Å². The third kappa shape index (κ3) is 5.27. The first-order valence-corrected chi connectivity index (χ1v) is 12.9. The molecule has 0 saturated carbocycles. The van der Waals surface area contributed by atoms with Crippen LogP contribution in [0.25, 0.3) is 22.3 Å². The van der Waals surface area contributed by atoms with Gasteiger partial charge in [0.1, 0.15) is 18.2 Å². The number of hydrogen-bond acceptors (Lipinski definition) is 5. The fourth-order valence-corrected chi connectivity index (χ4v) is 4.75. The lowest BCUT2D eigenvalue weighted by molar-refractivity contribution is 0.0523. The summed E-state index contributed by atoms with van der Waals surface area (Å²) in [5, 5.41) is 0.675. The summed E-state index contributed by atoms with van der Waals surface area (Å²) in [5.74, 6) is 1.24. The van der Waals surface area contributed by atoms with E-state index in [1.807, 2.05) is 80.6 Å².